The Bertz CT molecular complexity index is 2740. The van der Waals surface area contributed by atoms with Gasteiger partial charge in [0, 0.05) is 61.5 Å². The number of amides is 3. The number of carbonyl (C=O) groups excluding carboxylic acids is 4. The molecule has 4 atom stereocenters. The fourth-order valence-corrected chi connectivity index (χ4v) is 9.45. The van der Waals surface area contributed by atoms with Crippen LogP contribution in [0.2, 0.25) is 0 Å². The van der Waals surface area contributed by atoms with Crippen molar-refractivity contribution in [2.24, 2.45) is 17.3 Å². The molecular weight excluding hydrogens is 946 g/mol. The largest absolute Gasteiger partial charge is 0.464 e. The lowest BCUT2D eigenvalue weighted by atomic mass is 9.85. The number of pyridine rings is 2. The number of ether oxygens (including phenoxy) is 3. The molecule has 385 valence electrons. The van der Waals surface area contributed by atoms with Crippen molar-refractivity contribution in [3.63, 3.8) is 0 Å². The second-order valence-electron chi connectivity index (χ2n) is 21.1. The van der Waals surface area contributed by atoms with E-state index in [1.54, 1.807) is 48.4 Å². The van der Waals surface area contributed by atoms with Crippen molar-refractivity contribution < 1.29 is 46.6 Å². The summed E-state index contributed by atoms with van der Waals surface area (Å²) in [5.74, 6) is 2.99. The van der Waals surface area contributed by atoms with Crippen molar-refractivity contribution >= 4 is 45.0 Å². The highest BCUT2D eigenvalue weighted by atomic mass is 28.1. The van der Waals surface area contributed by atoms with Gasteiger partial charge in [0.2, 0.25) is 5.91 Å². The average Bonchev–Trinajstić information content (AvgIpc) is 3.58. The van der Waals surface area contributed by atoms with Crippen molar-refractivity contribution in [3.05, 3.63) is 71.5 Å². The van der Waals surface area contributed by atoms with Gasteiger partial charge < -0.3 is 29.0 Å². The van der Waals surface area contributed by atoms with Crippen LogP contribution in [0.15, 0.2) is 54.7 Å². The third kappa shape index (κ3) is 12.2. The maximum Gasteiger partial charge on any atom is 0.406 e. The Kier molecular flexibility index (Phi) is 16.1. The van der Waals surface area contributed by atoms with Crippen molar-refractivity contribution in [2.45, 2.75) is 116 Å². The van der Waals surface area contributed by atoms with E-state index in [1.807, 2.05) is 78.7 Å². The predicted molar refractivity (Wildman–Crippen MR) is 267 cm³/mol. The van der Waals surface area contributed by atoms with Crippen LogP contribution < -0.4 is 10.7 Å². The number of hydrogen-bond acceptors (Lipinski definition) is 11. The number of nitrogens with zero attached hydrogens (tertiary/aromatic N) is 6. The molecule has 15 nitrogen and oxygen atoms in total. The Hall–Kier alpha value is -5.65. The van der Waals surface area contributed by atoms with E-state index < -0.39 is 64.7 Å². The molecule has 3 aliphatic heterocycles. The first-order valence-corrected chi connectivity index (χ1v) is 24.9. The molecule has 1 aromatic carbocycles. The summed E-state index contributed by atoms with van der Waals surface area (Å²) in [5.41, 5.74) is 5.75. The number of halogens is 3. The predicted octanol–water partition coefficient (Wildman–Crippen LogP) is 6.02. The second-order valence-corrected chi connectivity index (χ2v) is 22.0. The number of likely N-dealkylation sites (tertiary alicyclic amines) is 1. The molecule has 0 aliphatic carbocycles. The minimum absolute atomic E-state index is 0.0298. The molecule has 3 aromatic heterocycles. The third-order valence-corrected chi connectivity index (χ3v) is 14.5. The molecule has 3 radical (unpaired) electrons. The molecule has 4 aromatic rings. The van der Waals surface area contributed by atoms with Crippen LogP contribution in [0, 0.1) is 29.1 Å². The highest BCUT2D eigenvalue weighted by Crippen LogP contribution is 2.42. The molecule has 3 aliphatic rings. The summed E-state index contributed by atoms with van der Waals surface area (Å²) in [4.78, 5) is 69.3. The van der Waals surface area contributed by atoms with E-state index >= 15 is 0 Å². The SMILES string of the molecule is CO[C@@H](C)c1ncccc1-c1c2c3nc(ccc3n1CC(F)(F)F)-c1cccc(c1)C[C@H](NC(=O)[C@@H](COC1CN(C(=O)C#CC(C)(C)N(C)C)C1)C(C)C)C(=O)N1CCC[C@@]([Si])(N1)C(=O)OCC(C)(C)C2. The van der Waals surface area contributed by atoms with E-state index in [9.17, 15) is 32.3 Å². The molecule has 2 saturated heterocycles. The number of carbonyl (C=O) groups is 4. The quantitative estimate of drug-likeness (QED) is 0.103. The number of hydrogen-bond donors (Lipinski definition) is 2. The van der Waals surface area contributed by atoms with Crippen LogP contribution >= 0.6 is 0 Å². The van der Waals surface area contributed by atoms with Gasteiger partial charge in [-0.1, -0.05) is 51.8 Å². The van der Waals surface area contributed by atoms with Gasteiger partial charge in [-0.3, -0.25) is 34.1 Å². The van der Waals surface area contributed by atoms with E-state index in [1.165, 1.54) is 16.7 Å². The first-order valence-electron chi connectivity index (χ1n) is 24.4. The van der Waals surface area contributed by atoms with E-state index in [2.05, 4.69) is 37.8 Å². The van der Waals surface area contributed by atoms with Crippen molar-refractivity contribution in [1.82, 2.24) is 40.1 Å². The molecule has 6 bridgehead atoms. The lowest BCUT2D eigenvalue weighted by Gasteiger charge is -2.41. The Balaban J connectivity index is 1.25. The molecule has 72 heavy (non-hydrogen) atoms. The molecule has 3 amide bonds. The molecule has 6 heterocycles. The maximum absolute atomic E-state index is 14.8. The van der Waals surface area contributed by atoms with Gasteiger partial charge in [0.15, 0.2) is 0 Å². The summed E-state index contributed by atoms with van der Waals surface area (Å²) in [6.07, 6.45) is -3.08. The lowest BCUT2D eigenvalue weighted by Crippen LogP contribution is -2.67. The average molecular weight is 1010 g/mol. The van der Waals surface area contributed by atoms with Crippen LogP contribution in [0.25, 0.3) is 33.5 Å². The molecular formula is C53H66F3N8O7Si. The number of aromatic nitrogens is 3. The number of benzene rings is 1. The topological polar surface area (TPSA) is 160 Å². The van der Waals surface area contributed by atoms with Gasteiger partial charge in [0.25, 0.3) is 11.8 Å². The number of fused-ring (bicyclic) bond motifs is 6. The van der Waals surface area contributed by atoms with Crippen molar-refractivity contribution in [3.8, 4) is 34.4 Å². The minimum Gasteiger partial charge on any atom is -0.464 e. The van der Waals surface area contributed by atoms with Gasteiger partial charge in [-0.2, -0.15) is 13.2 Å². The van der Waals surface area contributed by atoms with Crippen molar-refractivity contribution in [1.29, 1.82) is 0 Å². The van der Waals surface area contributed by atoms with Crippen LogP contribution in [0.1, 0.15) is 84.2 Å². The standard InChI is InChI=1S/C53H66F3N8O7Si/c1-32(2)39(29-70-36-27-62(28-36)43(65)19-21-51(6,7)61(8)9)47(66)59-41-25-34-14-11-15-35(24-34)40-17-18-42-45(58-40)38(26-50(4,5)31-71-49(68)52(72)20-13-23-64(60-52)48(41)67)46(63(42)30-53(54,55)56)37-16-12-22-57-44(37)33(3)69-10/h11-12,14-18,22,24,32-33,36,39,41,60H,13,20,23,25-31H2,1-10H3,(H,59,66)/t33-,39-,41-,52-/m0/s1. The molecule has 2 fully saturated rings. The maximum atomic E-state index is 14.8. The molecule has 7 rings (SSSR count). The number of rotatable bonds is 11. The van der Waals surface area contributed by atoms with E-state index in [-0.39, 0.29) is 68.2 Å². The summed E-state index contributed by atoms with van der Waals surface area (Å²) in [5, 5.41) is 2.84. The van der Waals surface area contributed by atoms with Crippen molar-refractivity contribution in [2.75, 3.05) is 54.1 Å². The zero-order chi connectivity index (χ0) is 52.5. The van der Waals surface area contributed by atoms with E-state index in [4.69, 9.17) is 19.2 Å². The first kappa shape index (κ1) is 54.1. The minimum atomic E-state index is -4.62. The smallest absolute Gasteiger partial charge is 0.406 e. The number of hydrazine groups is 1. The van der Waals surface area contributed by atoms with E-state index in [0.29, 0.717) is 58.7 Å². The number of nitrogens with one attached hydrogen (secondary N) is 2. The molecule has 19 heteroatoms. The fourth-order valence-electron chi connectivity index (χ4n) is 9.07. The Morgan fingerprint density at radius 2 is 1.82 bits per heavy atom. The number of cyclic esters (lactones) is 1. The van der Waals surface area contributed by atoms with Crippen LogP contribution in [-0.4, -0.2) is 146 Å². The summed E-state index contributed by atoms with van der Waals surface area (Å²) in [7, 11) is 8.95. The molecule has 0 spiro atoms. The zero-order valence-electron chi connectivity index (χ0n) is 42.8. The highest BCUT2D eigenvalue weighted by molar-refractivity contribution is 6.27. The summed E-state index contributed by atoms with van der Waals surface area (Å²) < 4.78 is 63.3. The lowest BCUT2D eigenvalue weighted by molar-refractivity contribution is -0.158. The Labute approximate surface area is 423 Å². The number of alkyl halides is 3. The van der Waals surface area contributed by atoms with Gasteiger partial charge in [0.05, 0.1) is 75.2 Å². The van der Waals surface area contributed by atoms with Crippen LogP contribution in [-0.2, 0) is 52.8 Å². The number of methoxy groups -OCH3 is 1. The van der Waals surface area contributed by atoms with Crippen LogP contribution in [0.3, 0.4) is 0 Å². The number of esters is 1. The summed E-state index contributed by atoms with van der Waals surface area (Å²) >= 11 is 0. The van der Waals surface area contributed by atoms with Gasteiger partial charge in [-0.05, 0) is 102 Å². The first-order chi connectivity index (χ1) is 33.8. The monoisotopic (exact) mass is 1010 g/mol. The highest BCUT2D eigenvalue weighted by Gasteiger charge is 2.44. The molecule has 0 saturated carbocycles. The van der Waals surface area contributed by atoms with Crippen LogP contribution in [0.4, 0.5) is 13.2 Å². The van der Waals surface area contributed by atoms with Gasteiger partial charge in [-0.15, -0.1) is 0 Å². The summed E-state index contributed by atoms with van der Waals surface area (Å²) in [6.45, 7) is 12.6. The van der Waals surface area contributed by atoms with Crippen LogP contribution in [0.5, 0.6) is 0 Å². The Morgan fingerprint density at radius 1 is 1.08 bits per heavy atom. The van der Waals surface area contributed by atoms with E-state index in [0.717, 1.165) is 0 Å². The molecule has 2 N–H and O–H groups in total. The van der Waals surface area contributed by atoms with Gasteiger partial charge in [0.1, 0.15) is 17.7 Å². The fraction of sp³-hybridized carbons (Fsp3) is 0.547. The zero-order valence-corrected chi connectivity index (χ0v) is 43.8. The third-order valence-electron chi connectivity index (χ3n) is 14.0. The summed E-state index contributed by atoms with van der Waals surface area (Å²) in [6, 6.07) is 12.9. The normalized spacial score (nSPS) is 20.9. The van der Waals surface area contributed by atoms with Gasteiger partial charge in [-0.25, -0.2) is 10.4 Å². The van der Waals surface area contributed by atoms with Gasteiger partial charge >= 0.3 is 12.1 Å². The molecule has 0 unspecified atom stereocenters. The second kappa shape index (κ2) is 21.4. The Morgan fingerprint density at radius 3 is 2.50 bits per heavy atom.